The lowest BCUT2D eigenvalue weighted by atomic mass is 9.95. The average molecular weight is 258 g/mol. The zero-order valence-electron chi connectivity index (χ0n) is 9.90. The molecule has 0 aliphatic heterocycles. The minimum absolute atomic E-state index is 0.0197. The van der Waals surface area contributed by atoms with E-state index in [1.165, 1.54) is 12.4 Å². The predicted octanol–water partition coefficient (Wildman–Crippen LogP) is 1.41. The molecule has 1 unspecified atom stereocenters. The molecule has 0 radical (unpaired) electrons. The third-order valence-electron chi connectivity index (χ3n) is 2.70. The van der Waals surface area contributed by atoms with Crippen LogP contribution in [0.15, 0.2) is 12.4 Å². The van der Waals surface area contributed by atoms with E-state index in [0.717, 1.165) is 0 Å². The lowest BCUT2D eigenvalue weighted by Crippen LogP contribution is -2.46. The SMILES string of the molecule is CCC(C)(CCO)NC(=O)c1cncc(Cl)n1. The Morgan fingerprint density at radius 2 is 2.29 bits per heavy atom. The van der Waals surface area contributed by atoms with E-state index in [-0.39, 0.29) is 23.4 Å². The number of nitrogens with one attached hydrogen (secondary N) is 1. The van der Waals surface area contributed by atoms with Crippen molar-refractivity contribution in [1.29, 1.82) is 0 Å². The molecular weight excluding hydrogens is 242 g/mol. The Morgan fingerprint density at radius 1 is 1.59 bits per heavy atom. The quantitative estimate of drug-likeness (QED) is 0.836. The van der Waals surface area contributed by atoms with E-state index in [2.05, 4.69) is 15.3 Å². The van der Waals surface area contributed by atoms with Crippen molar-refractivity contribution in [2.24, 2.45) is 0 Å². The molecule has 17 heavy (non-hydrogen) atoms. The summed E-state index contributed by atoms with van der Waals surface area (Å²) in [6.45, 7) is 3.84. The average Bonchev–Trinajstić information content (AvgIpc) is 2.29. The van der Waals surface area contributed by atoms with Crippen molar-refractivity contribution in [3.63, 3.8) is 0 Å². The van der Waals surface area contributed by atoms with E-state index in [4.69, 9.17) is 16.7 Å². The van der Waals surface area contributed by atoms with Crippen LogP contribution in [0, 0.1) is 0 Å². The Hall–Kier alpha value is -1.20. The first-order valence-corrected chi connectivity index (χ1v) is 5.79. The molecule has 1 aromatic heterocycles. The van der Waals surface area contributed by atoms with Crippen LogP contribution in [-0.4, -0.2) is 33.1 Å². The summed E-state index contributed by atoms with van der Waals surface area (Å²) in [7, 11) is 0. The van der Waals surface area contributed by atoms with Crippen molar-refractivity contribution in [3.8, 4) is 0 Å². The lowest BCUT2D eigenvalue weighted by molar-refractivity contribution is 0.0880. The summed E-state index contributed by atoms with van der Waals surface area (Å²) >= 11 is 5.66. The monoisotopic (exact) mass is 257 g/mol. The molecule has 1 heterocycles. The van der Waals surface area contributed by atoms with Crippen molar-refractivity contribution >= 4 is 17.5 Å². The van der Waals surface area contributed by atoms with Gasteiger partial charge in [-0.3, -0.25) is 9.78 Å². The van der Waals surface area contributed by atoms with Crippen LogP contribution < -0.4 is 5.32 Å². The Balaban J connectivity index is 2.77. The maximum Gasteiger partial charge on any atom is 0.271 e. The first-order valence-electron chi connectivity index (χ1n) is 5.41. The van der Waals surface area contributed by atoms with Gasteiger partial charge < -0.3 is 10.4 Å². The summed E-state index contributed by atoms with van der Waals surface area (Å²) in [5, 5.41) is 12.0. The number of halogens is 1. The highest BCUT2D eigenvalue weighted by Gasteiger charge is 2.24. The second kappa shape index (κ2) is 5.93. The van der Waals surface area contributed by atoms with Crippen molar-refractivity contribution in [1.82, 2.24) is 15.3 Å². The van der Waals surface area contributed by atoms with Crippen LogP contribution in [0.2, 0.25) is 5.15 Å². The van der Waals surface area contributed by atoms with Gasteiger partial charge in [-0.05, 0) is 19.8 Å². The number of carbonyl (C=O) groups is 1. The van der Waals surface area contributed by atoms with Gasteiger partial charge in [-0.15, -0.1) is 0 Å². The van der Waals surface area contributed by atoms with Crippen LogP contribution in [0.1, 0.15) is 37.2 Å². The topological polar surface area (TPSA) is 75.1 Å². The van der Waals surface area contributed by atoms with Gasteiger partial charge in [0.2, 0.25) is 0 Å². The van der Waals surface area contributed by atoms with Crippen LogP contribution in [0.3, 0.4) is 0 Å². The molecule has 0 saturated carbocycles. The van der Waals surface area contributed by atoms with Crippen LogP contribution in [-0.2, 0) is 0 Å². The van der Waals surface area contributed by atoms with Crippen molar-refractivity contribution in [2.75, 3.05) is 6.61 Å². The molecule has 0 saturated heterocycles. The van der Waals surface area contributed by atoms with Crippen LogP contribution >= 0.6 is 11.6 Å². The van der Waals surface area contributed by atoms with E-state index in [1.54, 1.807) is 0 Å². The molecule has 0 fully saturated rings. The van der Waals surface area contributed by atoms with E-state index >= 15 is 0 Å². The maximum atomic E-state index is 11.9. The summed E-state index contributed by atoms with van der Waals surface area (Å²) in [6, 6.07) is 0. The van der Waals surface area contributed by atoms with Gasteiger partial charge in [0.15, 0.2) is 0 Å². The van der Waals surface area contributed by atoms with E-state index < -0.39 is 5.54 Å². The van der Waals surface area contributed by atoms with Crippen LogP contribution in [0.4, 0.5) is 0 Å². The number of rotatable bonds is 5. The van der Waals surface area contributed by atoms with Gasteiger partial charge in [-0.25, -0.2) is 4.98 Å². The predicted molar refractivity (Wildman–Crippen MR) is 64.9 cm³/mol. The van der Waals surface area contributed by atoms with Gasteiger partial charge >= 0.3 is 0 Å². The zero-order chi connectivity index (χ0) is 12.9. The highest BCUT2D eigenvalue weighted by molar-refractivity contribution is 6.29. The van der Waals surface area contributed by atoms with Gasteiger partial charge in [0.25, 0.3) is 5.91 Å². The van der Waals surface area contributed by atoms with Crippen molar-refractivity contribution in [3.05, 3.63) is 23.2 Å². The summed E-state index contributed by atoms with van der Waals surface area (Å²) in [6.07, 6.45) is 3.93. The molecule has 1 rings (SSSR count). The Kier molecular flexibility index (Phi) is 4.84. The Bertz CT molecular complexity index is 400. The molecule has 94 valence electrons. The van der Waals surface area contributed by atoms with E-state index in [9.17, 15) is 4.79 Å². The smallest absolute Gasteiger partial charge is 0.271 e. The number of hydrogen-bond donors (Lipinski definition) is 2. The number of hydrogen-bond acceptors (Lipinski definition) is 4. The molecule has 0 spiro atoms. The fraction of sp³-hybridized carbons (Fsp3) is 0.545. The molecule has 0 aromatic carbocycles. The van der Waals surface area contributed by atoms with Crippen LogP contribution in [0.5, 0.6) is 0 Å². The van der Waals surface area contributed by atoms with Gasteiger partial charge in [0.1, 0.15) is 10.8 Å². The molecule has 1 aromatic rings. The van der Waals surface area contributed by atoms with Gasteiger partial charge in [-0.2, -0.15) is 0 Å². The molecule has 1 amide bonds. The van der Waals surface area contributed by atoms with Gasteiger partial charge in [-0.1, -0.05) is 18.5 Å². The fourth-order valence-electron chi connectivity index (χ4n) is 1.36. The van der Waals surface area contributed by atoms with Gasteiger partial charge in [0, 0.05) is 12.1 Å². The minimum atomic E-state index is -0.449. The lowest BCUT2D eigenvalue weighted by Gasteiger charge is -2.28. The molecule has 0 aliphatic rings. The normalized spacial score (nSPS) is 14.1. The summed E-state index contributed by atoms with van der Waals surface area (Å²) < 4.78 is 0. The third kappa shape index (κ3) is 3.94. The largest absolute Gasteiger partial charge is 0.396 e. The summed E-state index contributed by atoms with van der Waals surface area (Å²) in [5.41, 5.74) is -0.273. The molecule has 1 atom stereocenters. The second-order valence-corrected chi connectivity index (χ2v) is 4.46. The van der Waals surface area contributed by atoms with E-state index in [1.807, 2.05) is 13.8 Å². The Morgan fingerprint density at radius 3 is 2.82 bits per heavy atom. The van der Waals surface area contributed by atoms with Crippen LogP contribution in [0.25, 0.3) is 0 Å². The van der Waals surface area contributed by atoms with Gasteiger partial charge in [0.05, 0.1) is 12.4 Å². The summed E-state index contributed by atoms with van der Waals surface area (Å²) in [4.78, 5) is 19.6. The number of aromatic nitrogens is 2. The van der Waals surface area contributed by atoms with Crippen molar-refractivity contribution in [2.45, 2.75) is 32.2 Å². The molecule has 0 bridgehead atoms. The zero-order valence-corrected chi connectivity index (χ0v) is 10.7. The number of nitrogens with zero attached hydrogens (tertiary/aromatic N) is 2. The highest BCUT2D eigenvalue weighted by atomic mass is 35.5. The first-order chi connectivity index (χ1) is 8.00. The maximum absolute atomic E-state index is 11.9. The number of aliphatic hydroxyl groups is 1. The van der Waals surface area contributed by atoms with E-state index in [0.29, 0.717) is 12.8 Å². The summed E-state index contributed by atoms with van der Waals surface area (Å²) in [5.74, 6) is -0.335. The first kappa shape index (κ1) is 13.9. The highest BCUT2D eigenvalue weighted by Crippen LogP contribution is 2.14. The van der Waals surface area contributed by atoms with Crippen molar-refractivity contribution < 1.29 is 9.90 Å². The second-order valence-electron chi connectivity index (χ2n) is 4.07. The molecular formula is C11H16ClN3O2. The number of amides is 1. The fourth-order valence-corrected chi connectivity index (χ4v) is 1.51. The molecule has 5 nitrogen and oxygen atoms in total. The number of carbonyl (C=O) groups excluding carboxylic acids is 1. The minimum Gasteiger partial charge on any atom is -0.396 e. The molecule has 0 aliphatic carbocycles. The Labute approximate surface area is 105 Å². The molecule has 6 heteroatoms. The molecule has 2 N–H and O–H groups in total. The number of aliphatic hydroxyl groups excluding tert-OH is 1. The third-order valence-corrected chi connectivity index (χ3v) is 2.88. The standard InChI is InChI=1S/C11H16ClN3O2/c1-3-11(2,4-5-16)15-10(17)8-6-13-7-9(12)14-8/h6-7,16H,3-5H2,1-2H3,(H,15,17).